The number of hydrogen-bond acceptors (Lipinski definition) is 2. The van der Waals surface area contributed by atoms with Crippen LogP contribution in [0.15, 0.2) is 12.2 Å². The maximum atomic E-state index is 11.7. The topological polar surface area (TPSA) is 61.4 Å². The molecule has 3 N–H and O–H groups in total. The summed E-state index contributed by atoms with van der Waals surface area (Å²) in [6.07, 6.45) is 10.7. The second-order valence-corrected chi connectivity index (χ2v) is 5.09. The fraction of sp³-hybridized carbons (Fsp3) is 0.769. The van der Waals surface area contributed by atoms with E-state index in [1.165, 1.54) is 0 Å². The fourth-order valence-electron chi connectivity index (χ4n) is 2.55. The summed E-state index contributed by atoms with van der Waals surface area (Å²) in [6, 6.07) is 0.354. The Morgan fingerprint density at radius 1 is 1.12 bits per heavy atom. The van der Waals surface area contributed by atoms with Crippen molar-refractivity contribution < 1.29 is 9.90 Å². The summed E-state index contributed by atoms with van der Waals surface area (Å²) >= 11 is 0. The smallest absolute Gasteiger partial charge is 0.315 e. The van der Waals surface area contributed by atoms with Crippen molar-refractivity contribution >= 4 is 6.03 Å². The van der Waals surface area contributed by atoms with Crippen molar-refractivity contribution in [1.82, 2.24) is 10.6 Å². The van der Waals surface area contributed by atoms with Crippen LogP contribution in [0.3, 0.4) is 0 Å². The highest BCUT2D eigenvalue weighted by Gasteiger charge is 2.21. The van der Waals surface area contributed by atoms with Gasteiger partial charge in [-0.05, 0) is 44.9 Å². The van der Waals surface area contributed by atoms with Crippen LogP contribution in [0.4, 0.5) is 4.79 Å². The predicted molar refractivity (Wildman–Crippen MR) is 66.7 cm³/mol. The van der Waals surface area contributed by atoms with Crippen molar-refractivity contribution in [2.75, 3.05) is 0 Å². The van der Waals surface area contributed by atoms with E-state index in [1.54, 1.807) is 0 Å². The van der Waals surface area contributed by atoms with Crippen LogP contribution in [-0.2, 0) is 0 Å². The Kier molecular flexibility index (Phi) is 4.42. The lowest BCUT2D eigenvalue weighted by Crippen LogP contribution is -2.47. The molecular formula is C13H22N2O2. The molecule has 4 heteroatoms. The van der Waals surface area contributed by atoms with E-state index in [9.17, 15) is 9.90 Å². The van der Waals surface area contributed by atoms with Gasteiger partial charge in [-0.25, -0.2) is 4.79 Å². The Hall–Kier alpha value is -1.03. The van der Waals surface area contributed by atoms with E-state index in [0.717, 1.165) is 44.9 Å². The summed E-state index contributed by atoms with van der Waals surface area (Å²) in [5.74, 6) is 0. The van der Waals surface area contributed by atoms with Crippen molar-refractivity contribution in [3.05, 3.63) is 12.2 Å². The molecule has 0 saturated heterocycles. The zero-order valence-corrected chi connectivity index (χ0v) is 10.2. The van der Waals surface area contributed by atoms with Crippen LogP contribution in [-0.4, -0.2) is 29.3 Å². The largest absolute Gasteiger partial charge is 0.393 e. The zero-order chi connectivity index (χ0) is 12.1. The van der Waals surface area contributed by atoms with E-state index in [-0.39, 0.29) is 24.2 Å². The van der Waals surface area contributed by atoms with Gasteiger partial charge in [0.1, 0.15) is 0 Å². The van der Waals surface area contributed by atoms with Crippen LogP contribution in [0.25, 0.3) is 0 Å². The zero-order valence-electron chi connectivity index (χ0n) is 10.2. The molecule has 0 aromatic rings. The van der Waals surface area contributed by atoms with Gasteiger partial charge in [-0.1, -0.05) is 12.2 Å². The second kappa shape index (κ2) is 6.05. The lowest BCUT2D eigenvalue weighted by molar-refractivity contribution is 0.117. The third kappa shape index (κ3) is 4.04. The number of nitrogens with one attached hydrogen (secondary N) is 2. The summed E-state index contributed by atoms with van der Waals surface area (Å²) in [4.78, 5) is 11.7. The number of aliphatic hydroxyl groups is 1. The molecule has 1 fully saturated rings. The molecule has 96 valence electrons. The van der Waals surface area contributed by atoms with Gasteiger partial charge in [0.15, 0.2) is 0 Å². The van der Waals surface area contributed by atoms with Crippen molar-refractivity contribution in [2.45, 2.75) is 63.1 Å². The summed E-state index contributed by atoms with van der Waals surface area (Å²) in [6.45, 7) is 0. The number of carbonyl (C=O) groups is 1. The molecule has 2 aliphatic rings. The van der Waals surface area contributed by atoms with Crippen molar-refractivity contribution in [3.63, 3.8) is 0 Å². The van der Waals surface area contributed by atoms with Crippen LogP contribution < -0.4 is 10.6 Å². The fourth-order valence-corrected chi connectivity index (χ4v) is 2.55. The molecule has 0 aromatic carbocycles. The van der Waals surface area contributed by atoms with Crippen LogP contribution >= 0.6 is 0 Å². The number of hydrogen-bond donors (Lipinski definition) is 3. The highest BCUT2D eigenvalue weighted by atomic mass is 16.3. The summed E-state index contributed by atoms with van der Waals surface area (Å²) in [5.41, 5.74) is 0. The minimum atomic E-state index is -0.169. The number of carbonyl (C=O) groups excluding carboxylic acids is 1. The van der Waals surface area contributed by atoms with E-state index in [2.05, 4.69) is 22.8 Å². The molecule has 1 unspecified atom stereocenters. The molecular weight excluding hydrogens is 216 g/mol. The summed E-state index contributed by atoms with van der Waals surface area (Å²) < 4.78 is 0. The standard InChI is InChI=1S/C13H22N2O2/c16-12-8-6-11(7-9-12)15-13(17)14-10-4-2-1-3-5-10/h2,4,10-12,16H,1,3,5-9H2,(H2,14,15,17). The van der Waals surface area contributed by atoms with E-state index in [1.807, 2.05) is 0 Å². The average Bonchev–Trinajstić information content (AvgIpc) is 2.33. The Morgan fingerprint density at radius 3 is 2.53 bits per heavy atom. The van der Waals surface area contributed by atoms with Gasteiger partial charge in [0.2, 0.25) is 0 Å². The van der Waals surface area contributed by atoms with Gasteiger partial charge in [-0.2, -0.15) is 0 Å². The molecule has 0 spiro atoms. The quantitative estimate of drug-likeness (QED) is 0.641. The number of urea groups is 1. The van der Waals surface area contributed by atoms with Gasteiger partial charge < -0.3 is 15.7 Å². The Labute approximate surface area is 102 Å². The van der Waals surface area contributed by atoms with Crippen LogP contribution in [0.5, 0.6) is 0 Å². The molecule has 0 radical (unpaired) electrons. The van der Waals surface area contributed by atoms with Gasteiger partial charge in [0, 0.05) is 12.1 Å². The summed E-state index contributed by atoms with van der Waals surface area (Å²) in [7, 11) is 0. The van der Waals surface area contributed by atoms with E-state index in [4.69, 9.17) is 0 Å². The highest BCUT2D eigenvalue weighted by molar-refractivity contribution is 5.74. The molecule has 2 amide bonds. The average molecular weight is 238 g/mol. The van der Waals surface area contributed by atoms with Gasteiger partial charge in [-0.15, -0.1) is 0 Å². The maximum Gasteiger partial charge on any atom is 0.315 e. The van der Waals surface area contributed by atoms with Crippen LogP contribution in [0, 0.1) is 0 Å². The van der Waals surface area contributed by atoms with Gasteiger partial charge in [0.05, 0.1) is 6.10 Å². The molecule has 1 saturated carbocycles. The number of allylic oxidation sites excluding steroid dienone is 1. The van der Waals surface area contributed by atoms with E-state index < -0.39 is 0 Å². The van der Waals surface area contributed by atoms with E-state index in [0.29, 0.717) is 0 Å². The van der Waals surface area contributed by atoms with Crippen molar-refractivity contribution in [1.29, 1.82) is 0 Å². The first-order chi connectivity index (χ1) is 8.24. The highest BCUT2D eigenvalue weighted by Crippen LogP contribution is 2.18. The number of aliphatic hydroxyl groups excluding tert-OH is 1. The maximum absolute atomic E-state index is 11.7. The Balaban J connectivity index is 1.69. The SMILES string of the molecule is O=C(NC1C=CCCC1)NC1CCC(O)CC1. The van der Waals surface area contributed by atoms with Crippen LogP contribution in [0.1, 0.15) is 44.9 Å². The Morgan fingerprint density at radius 2 is 1.88 bits per heavy atom. The van der Waals surface area contributed by atoms with Crippen molar-refractivity contribution in [3.8, 4) is 0 Å². The molecule has 2 aliphatic carbocycles. The molecule has 0 aromatic heterocycles. The molecule has 0 aliphatic heterocycles. The lowest BCUT2D eigenvalue weighted by atomic mass is 9.93. The van der Waals surface area contributed by atoms with Gasteiger partial charge in [-0.3, -0.25) is 0 Å². The van der Waals surface area contributed by atoms with Crippen molar-refractivity contribution in [2.24, 2.45) is 0 Å². The Bertz CT molecular complexity index is 283. The van der Waals surface area contributed by atoms with Gasteiger partial charge >= 0.3 is 6.03 Å². The molecule has 4 nitrogen and oxygen atoms in total. The van der Waals surface area contributed by atoms with E-state index >= 15 is 0 Å². The predicted octanol–water partition coefficient (Wildman–Crippen LogP) is 1.70. The monoisotopic (exact) mass is 238 g/mol. The van der Waals surface area contributed by atoms with Gasteiger partial charge in [0.25, 0.3) is 0 Å². The first kappa shape index (κ1) is 12.4. The number of amides is 2. The first-order valence-electron chi connectivity index (χ1n) is 6.66. The molecule has 1 atom stereocenters. The molecule has 2 rings (SSSR count). The minimum Gasteiger partial charge on any atom is -0.393 e. The second-order valence-electron chi connectivity index (χ2n) is 5.09. The van der Waals surface area contributed by atoms with Crippen LogP contribution in [0.2, 0.25) is 0 Å². The normalized spacial score (nSPS) is 33.1. The number of rotatable bonds is 2. The first-order valence-corrected chi connectivity index (χ1v) is 6.66. The summed E-state index contributed by atoms with van der Waals surface area (Å²) in [5, 5.41) is 15.4. The molecule has 0 heterocycles. The lowest BCUT2D eigenvalue weighted by Gasteiger charge is -2.27. The molecule has 17 heavy (non-hydrogen) atoms. The third-order valence-corrected chi connectivity index (χ3v) is 3.60. The third-order valence-electron chi connectivity index (χ3n) is 3.60. The minimum absolute atomic E-state index is 0.0667. The molecule has 0 bridgehead atoms.